The predicted molar refractivity (Wildman–Crippen MR) is 188 cm³/mol. The van der Waals surface area contributed by atoms with Gasteiger partial charge in [-0.2, -0.15) is 11.8 Å². The summed E-state index contributed by atoms with van der Waals surface area (Å²) in [5.74, 6) is -0.816. The van der Waals surface area contributed by atoms with Gasteiger partial charge in [0, 0.05) is 20.0 Å². The third kappa shape index (κ3) is 14.4. The van der Waals surface area contributed by atoms with Crippen molar-refractivity contribution in [2.24, 2.45) is 11.7 Å². The average Bonchev–Trinajstić information content (AvgIpc) is 3.06. The van der Waals surface area contributed by atoms with Crippen molar-refractivity contribution >= 4 is 41.4 Å². The number of aryl methyl sites for hydroxylation is 2. The number of carbonyl (C=O) groups is 5. The van der Waals surface area contributed by atoms with Crippen molar-refractivity contribution in [1.82, 2.24) is 20.9 Å². The van der Waals surface area contributed by atoms with E-state index in [-0.39, 0.29) is 30.6 Å². The fraction of sp³-hybridized carbons (Fsp3) is 0.686. The number of hydrogen-bond donors (Lipinski definition) is 5. The van der Waals surface area contributed by atoms with Gasteiger partial charge in [-0.3, -0.25) is 24.0 Å². The molecule has 0 saturated heterocycles. The number of rotatable bonds is 20. The van der Waals surface area contributed by atoms with Crippen LogP contribution in [0.3, 0.4) is 0 Å². The van der Waals surface area contributed by atoms with Gasteiger partial charge in [-0.15, -0.1) is 0 Å². The first-order valence-corrected chi connectivity index (χ1v) is 18.5. The molecule has 0 bridgehead atoms. The Hall–Kier alpha value is -3.32. The topological polar surface area (TPSA) is 180 Å². The maximum Gasteiger partial charge on any atom is 0.305 e. The highest BCUT2D eigenvalue weighted by molar-refractivity contribution is 7.98. The molecule has 1 aromatic rings. The Morgan fingerprint density at radius 2 is 1.67 bits per heavy atom. The SMILES string of the molecule is COC(=O)CCCCCN(C)C(=O)[C@H](CC1CCCCC1)NC(=O)CNC(=O)[C@@H](CCSC)NC(=O)[C@H](N)Cc1c(C)cc(O)cc1C. The van der Waals surface area contributed by atoms with Crippen LogP contribution in [0.1, 0.15) is 87.3 Å². The zero-order valence-corrected chi connectivity index (χ0v) is 30.2. The second-order valence-electron chi connectivity index (χ2n) is 12.9. The lowest BCUT2D eigenvalue weighted by atomic mass is 9.84. The summed E-state index contributed by atoms with van der Waals surface area (Å²) in [5, 5.41) is 18.1. The third-order valence-corrected chi connectivity index (χ3v) is 9.66. The molecule has 13 heteroatoms. The van der Waals surface area contributed by atoms with Gasteiger partial charge in [0.25, 0.3) is 0 Å². The van der Waals surface area contributed by atoms with Crippen LogP contribution in [0.15, 0.2) is 12.1 Å². The second-order valence-corrected chi connectivity index (χ2v) is 13.9. The lowest BCUT2D eigenvalue weighted by Crippen LogP contribution is -2.54. The largest absolute Gasteiger partial charge is 0.508 e. The molecule has 1 saturated carbocycles. The summed E-state index contributed by atoms with van der Waals surface area (Å²) in [6.07, 6.45) is 10.9. The molecule has 4 amide bonds. The Labute approximate surface area is 290 Å². The molecular formula is C35H57N5O7S. The normalized spacial score (nSPS) is 15.1. The van der Waals surface area contributed by atoms with E-state index in [1.165, 1.54) is 25.3 Å². The van der Waals surface area contributed by atoms with Crippen LogP contribution in [0, 0.1) is 19.8 Å². The van der Waals surface area contributed by atoms with Gasteiger partial charge in [-0.05, 0) is 92.7 Å². The number of nitrogens with one attached hydrogen (secondary N) is 3. The number of carbonyl (C=O) groups excluding carboxylic acids is 5. The number of unbranched alkanes of at least 4 members (excludes halogenated alkanes) is 2. The maximum atomic E-state index is 13.5. The molecule has 12 nitrogen and oxygen atoms in total. The van der Waals surface area contributed by atoms with E-state index in [0.717, 1.165) is 55.2 Å². The van der Waals surface area contributed by atoms with E-state index in [9.17, 15) is 29.1 Å². The Morgan fingerprint density at radius 3 is 2.29 bits per heavy atom. The molecule has 0 heterocycles. The van der Waals surface area contributed by atoms with E-state index in [2.05, 4.69) is 20.7 Å². The minimum Gasteiger partial charge on any atom is -0.508 e. The van der Waals surface area contributed by atoms with Crippen LogP contribution in [0.2, 0.25) is 0 Å². The van der Waals surface area contributed by atoms with Crippen molar-refractivity contribution < 1.29 is 33.8 Å². The summed E-state index contributed by atoms with van der Waals surface area (Å²) in [6, 6.07) is 0.712. The van der Waals surface area contributed by atoms with E-state index in [4.69, 9.17) is 5.73 Å². The third-order valence-electron chi connectivity index (χ3n) is 9.01. The van der Waals surface area contributed by atoms with Crippen molar-refractivity contribution in [3.63, 3.8) is 0 Å². The fourth-order valence-electron chi connectivity index (χ4n) is 6.18. The zero-order valence-electron chi connectivity index (χ0n) is 29.4. The van der Waals surface area contributed by atoms with Crippen molar-refractivity contribution in [3.05, 3.63) is 28.8 Å². The number of ether oxygens (including phenoxy) is 1. The number of thioether (sulfide) groups is 1. The Morgan fingerprint density at radius 1 is 1.00 bits per heavy atom. The van der Waals surface area contributed by atoms with Crippen molar-refractivity contribution in [2.75, 3.05) is 39.3 Å². The Balaban J connectivity index is 1.98. The number of phenolic OH excluding ortho intramolecular Hbond substituents is 1. The molecule has 0 aromatic heterocycles. The molecule has 1 fully saturated rings. The lowest BCUT2D eigenvalue weighted by Gasteiger charge is -2.29. The molecule has 1 aliphatic rings. The van der Waals surface area contributed by atoms with E-state index in [1.54, 1.807) is 24.1 Å². The fourth-order valence-corrected chi connectivity index (χ4v) is 6.65. The van der Waals surface area contributed by atoms with Gasteiger partial charge < -0.3 is 36.4 Å². The second kappa shape index (κ2) is 21.6. The molecule has 0 aliphatic heterocycles. The number of phenols is 1. The Kier molecular flexibility index (Phi) is 18.4. The summed E-state index contributed by atoms with van der Waals surface area (Å²) >= 11 is 1.53. The highest BCUT2D eigenvalue weighted by Gasteiger charge is 2.29. The number of benzene rings is 1. The van der Waals surface area contributed by atoms with Crippen LogP contribution in [0.4, 0.5) is 0 Å². The molecule has 0 radical (unpaired) electrons. The molecule has 6 N–H and O–H groups in total. The van der Waals surface area contributed by atoms with Gasteiger partial charge in [0.1, 0.15) is 17.8 Å². The average molecular weight is 692 g/mol. The van der Waals surface area contributed by atoms with Gasteiger partial charge in [0.2, 0.25) is 23.6 Å². The smallest absolute Gasteiger partial charge is 0.305 e. The van der Waals surface area contributed by atoms with Crippen molar-refractivity contribution in [1.29, 1.82) is 0 Å². The van der Waals surface area contributed by atoms with E-state index in [1.807, 2.05) is 20.1 Å². The molecule has 48 heavy (non-hydrogen) atoms. The maximum absolute atomic E-state index is 13.5. The molecule has 0 spiro atoms. The van der Waals surface area contributed by atoms with Gasteiger partial charge in [-0.25, -0.2) is 0 Å². The summed E-state index contributed by atoms with van der Waals surface area (Å²) in [7, 11) is 3.08. The number of nitrogens with zero attached hydrogens (tertiary/aromatic N) is 1. The van der Waals surface area contributed by atoms with E-state index >= 15 is 0 Å². The molecule has 1 aromatic carbocycles. The Bertz CT molecular complexity index is 1200. The molecule has 0 unspecified atom stereocenters. The van der Waals surface area contributed by atoms with E-state index < -0.39 is 35.8 Å². The number of nitrogens with two attached hydrogens (primary N) is 1. The van der Waals surface area contributed by atoms with Crippen molar-refractivity contribution in [2.45, 2.75) is 109 Å². The monoisotopic (exact) mass is 691 g/mol. The van der Waals surface area contributed by atoms with E-state index in [0.29, 0.717) is 43.9 Å². The summed E-state index contributed by atoms with van der Waals surface area (Å²) in [5.41, 5.74) is 8.74. The number of esters is 1. The van der Waals surface area contributed by atoms with Gasteiger partial charge >= 0.3 is 5.97 Å². The molecule has 2 rings (SSSR count). The van der Waals surface area contributed by atoms with Crippen LogP contribution < -0.4 is 21.7 Å². The number of aromatic hydroxyl groups is 1. The quantitative estimate of drug-likeness (QED) is 0.102. The number of likely N-dealkylation sites (N-methyl/N-ethyl adjacent to an activating group) is 1. The minimum atomic E-state index is -0.920. The molecule has 270 valence electrons. The minimum absolute atomic E-state index is 0.144. The van der Waals surface area contributed by atoms with Crippen LogP contribution >= 0.6 is 11.8 Å². The number of hydrogen-bond acceptors (Lipinski definition) is 9. The molecule has 1 aliphatic carbocycles. The highest BCUT2D eigenvalue weighted by atomic mass is 32.2. The first-order chi connectivity index (χ1) is 22.9. The molecule has 3 atom stereocenters. The van der Waals surface area contributed by atoms with Gasteiger partial charge in [0.15, 0.2) is 0 Å². The first kappa shape index (κ1) is 40.9. The van der Waals surface area contributed by atoms with Crippen LogP contribution in [0.5, 0.6) is 5.75 Å². The summed E-state index contributed by atoms with van der Waals surface area (Å²) < 4.78 is 4.68. The highest BCUT2D eigenvalue weighted by Crippen LogP contribution is 2.28. The number of methoxy groups -OCH3 is 1. The zero-order chi connectivity index (χ0) is 35.6. The number of amides is 4. The van der Waals surface area contributed by atoms with Crippen LogP contribution in [0.25, 0.3) is 0 Å². The van der Waals surface area contributed by atoms with Gasteiger partial charge in [0.05, 0.1) is 19.7 Å². The van der Waals surface area contributed by atoms with Crippen LogP contribution in [-0.4, -0.2) is 97.0 Å². The standard InChI is InChI=1S/C35H57N5O7S/c1-23-18-26(41)19-24(2)27(23)21-28(36)33(44)39-29(15-17-48-5)34(45)37-22-31(42)38-30(20-25-12-8-6-9-13-25)35(46)40(3)16-11-7-10-14-32(43)47-4/h18-19,25,28-30,41H,6-17,20-22,36H2,1-5H3,(H,37,45)(H,38,42)(H,39,44)/t28-,29-,30+/m1/s1. The van der Waals surface area contributed by atoms with Crippen LogP contribution in [-0.2, 0) is 35.1 Å². The molecular weight excluding hydrogens is 634 g/mol. The van der Waals surface area contributed by atoms with Gasteiger partial charge in [-0.1, -0.05) is 38.5 Å². The lowest BCUT2D eigenvalue weighted by molar-refractivity contribution is -0.140. The first-order valence-electron chi connectivity index (χ1n) is 17.1. The van der Waals surface area contributed by atoms with Crippen molar-refractivity contribution in [3.8, 4) is 5.75 Å². The summed E-state index contributed by atoms with van der Waals surface area (Å²) in [4.78, 5) is 65.9. The predicted octanol–water partition coefficient (Wildman–Crippen LogP) is 2.88. The summed E-state index contributed by atoms with van der Waals surface area (Å²) in [6.45, 7) is 3.84.